The van der Waals surface area contributed by atoms with E-state index in [0.29, 0.717) is 12.0 Å². The molecule has 0 aliphatic heterocycles. The monoisotopic (exact) mass is 220 g/mol. The number of hydrogen-bond donors (Lipinski definition) is 2. The maximum Gasteiger partial charge on any atom is 0.0662 e. The highest BCUT2D eigenvalue weighted by Gasteiger charge is 2.15. The smallest absolute Gasteiger partial charge is 0.0662 e. The van der Waals surface area contributed by atoms with Crippen LogP contribution in [0.15, 0.2) is 0 Å². The molecule has 2 unspecified atom stereocenters. The molecule has 0 aliphatic rings. The molecule has 0 rings (SSSR count). The first-order valence-corrected chi connectivity index (χ1v) is 5.84. The van der Waals surface area contributed by atoms with E-state index in [9.17, 15) is 0 Å². The van der Waals surface area contributed by atoms with Crippen LogP contribution in [0.5, 0.6) is 0 Å². The molecule has 0 spiro atoms. The van der Waals surface area contributed by atoms with Crippen molar-refractivity contribution in [2.24, 2.45) is 11.8 Å². The molecule has 0 heterocycles. The van der Waals surface area contributed by atoms with E-state index >= 15 is 0 Å². The van der Waals surface area contributed by atoms with Gasteiger partial charge in [-0.25, -0.2) is 0 Å². The molecule has 0 aromatic carbocycles. The molecule has 2 atom stereocenters. The summed E-state index contributed by atoms with van der Waals surface area (Å²) in [5, 5.41) is 15.2. The van der Waals surface area contributed by atoms with Crippen molar-refractivity contribution < 1.29 is 14.9 Å². The van der Waals surface area contributed by atoms with Crippen molar-refractivity contribution >= 4 is 0 Å². The van der Waals surface area contributed by atoms with Crippen LogP contribution in [0.1, 0.15) is 41.0 Å². The Labute approximate surface area is 94.5 Å². The van der Waals surface area contributed by atoms with Gasteiger partial charge >= 0.3 is 0 Å². The van der Waals surface area contributed by atoms with Crippen molar-refractivity contribution in [3.05, 3.63) is 0 Å². The van der Waals surface area contributed by atoms with Crippen LogP contribution in [-0.4, -0.2) is 36.1 Å². The van der Waals surface area contributed by atoms with Gasteiger partial charge in [0.2, 0.25) is 0 Å². The average molecular weight is 220 g/mol. The second-order valence-corrected chi connectivity index (χ2v) is 4.13. The zero-order chi connectivity index (χ0) is 12.3. The highest BCUT2D eigenvalue weighted by Crippen LogP contribution is 2.16. The van der Waals surface area contributed by atoms with E-state index in [1.165, 1.54) is 0 Å². The number of rotatable bonds is 6. The van der Waals surface area contributed by atoms with Crippen LogP contribution in [0, 0.1) is 11.8 Å². The first-order chi connectivity index (χ1) is 7.01. The van der Waals surface area contributed by atoms with Gasteiger partial charge in [-0.2, -0.15) is 0 Å². The van der Waals surface area contributed by atoms with E-state index in [2.05, 4.69) is 34.6 Å². The van der Waals surface area contributed by atoms with E-state index in [4.69, 9.17) is 14.9 Å². The Morgan fingerprint density at radius 2 is 1.47 bits per heavy atom. The molecular weight excluding hydrogens is 192 g/mol. The zero-order valence-corrected chi connectivity index (χ0v) is 10.9. The second-order valence-electron chi connectivity index (χ2n) is 4.13. The first-order valence-electron chi connectivity index (χ1n) is 5.84. The third-order valence-corrected chi connectivity index (χ3v) is 2.48. The number of hydrogen-bond acceptors (Lipinski definition) is 3. The molecule has 3 nitrogen and oxygen atoms in total. The van der Waals surface area contributed by atoms with Crippen molar-refractivity contribution in [2.75, 3.05) is 19.8 Å². The number of aliphatic hydroxyl groups is 2. The molecule has 3 heteroatoms. The molecule has 0 aliphatic carbocycles. The third-order valence-electron chi connectivity index (χ3n) is 2.48. The average Bonchev–Trinajstić information content (AvgIpc) is 2.24. The van der Waals surface area contributed by atoms with Crippen LogP contribution >= 0.6 is 0 Å². The number of aliphatic hydroxyl groups excluding tert-OH is 2. The minimum Gasteiger partial charge on any atom is -0.394 e. The van der Waals surface area contributed by atoms with Gasteiger partial charge in [-0.05, 0) is 25.2 Å². The van der Waals surface area contributed by atoms with Gasteiger partial charge in [-0.15, -0.1) is 0 Å². The second kappa shape index (κ2) is 12.0. The predicted molar refractivity (Wildman–Crippen MR) is 63.9 cm³/mol. The molecule has 0 saturated carbocycles. The molecule has 0 saturated heterocycles. The fourth-order valence-corrected chi connectivity index (χ4v) is 0.998. The Morgan fingerprint density at radius 1 is 1.00 bits per heavy atom. The van der Waals surface area contributed by atoms with Crippen LogP contribution in [0.25, 0.3) is 0 Å². The Hall–Kier alpha value is -0.120. The topological polar surface area (TPSA) is 49.7 Å². The van der Waals surface area contributed by atoms with Gasteiger partial charge in [-0.1, -0.05) is 27.7 Å². The summed E-state index contributed by atoms with van der Waals surface area (Å²) >= 11 is 0. The molecule has 0 radical (unpaired) electrons. The molecule has 0 aromatic rings. The predicted octanol–water partition coefficient (Wildman–Crippen LogP) is 2.06. The fraction of sp³-hybridized carbons (Fsp3) is 1.00. The summed E-state index contributed by atoms with van der Waals surface area (Å²) in [5.74, 6) is 1.39. The van der Waals surface area contributed by atoms with E-state index in [1.54, 1.807) is 0 Å². The lowest BCUT2D eigenvalue weighted by molar-refractivity contribution is 0.0167. The molecule has 0 amide bonds. The van der Waals surface area contributed by atoms with Crippen LogP contribution in [0.3, 0.4) is 0 Å². The lowest BCUT2D eigenvalue weighted by atomic mass is 9.93. The van der Waals surface area contributed by atoms with Gasteiger partial charge < -0.3 is 14.9 Å². The van der Waals surface area contributed by atoms with E-state index in [0.717, 1.165) is 18.9 Å². The molecule has 2 N–H and O–H groups in total. The highest BCUT2D eigenvalue weighted by atomic mass is 16.5. The molecule has 0 fully saturated rings. The van der Waals surface area contributed by atoms with Gasteiger partial charge in [-0.3, -0.25) is 0 Å². The van der Waals surface area contributed by atoms with E-state index in [1.807, 2.05) is 0 Å². The molecule has 0 bridgehead atoms. The summed E-state index contributed by atoms with van der Waals surface area (Å²) in [6.07, 6.45) is 1.53. The highest BCUT2D eigenvalue weighted by molar-refractivity contribution is 4.64. The van der Waals surface area contributed by atoms with Gasteiger partial charge in [0.25, 0.3) is 0 Å². The van der Waals surface area contributed by atoms with Crippen molar-refractivity contribution in [2.45, 2.75) is 47.1 Å². The summed E-state index contributed by atoms with van der Waals surface area (Å²) in [4.78, 5) is 0. The SMILES string of the molecule is CCCOC(C)C(C)C(C)C.OCCO. The van der Waals surface area contributed by atoms with Crippen LogP contribution < -0.4 is 0 Å². The fourth-order valence-electron chi connectivity index (χ4n) is 0.998. The van der Waals surface area contributed by atoms with Crippen LogP contribution in [0.2, 0.25) is 0 Å². The molecule has 15 heavy (non-hydrogen) atoms. The maximum atomic E-state index is 7.62. The Balaban J connectivity index is 0. The van der Waals surface area contributed by atoms with Gasteiger partial charge in [0.05, 0.1) is 19.3 Å². The van der Waals surface area contributed by atoms with Crippen molar-refractivity contribution in [1.29, 1.82) is 0 Å². The lowest BCUT2D eigenvalue weighted by Gasteiger charge is -2.23. The van der Waals surface area contributed by atoms with Crippen molar-refractivity contribution in [3.8, 4) is 0 Å². The zero-order valence-electron chi connectivity index (χ0n) is 10.9. The quantitative estimate of drug-likeness (QED) is 0.720. The minimum atomic E-state index is -0.125. The summed E-state index contributed by atoms with van der Waals surface area (Å²) < 4.78 is 5.61. The van der Waals surface area contributed by atoms with Gasteiger partial charge in [0.15, 0.2) is 0 Å². The normalized spacial score (nSPS) is 14.4. The summed E-state index contributed by atoms with van der Waals surface area (Å²) in [6, 6.07) is 0. The van der Waals surface area contributed by atoms with Crippen molar-refractivity contribution in [1.82, 2.24) is 0 Å². The maximum absolute atomic E-state index is 7.62. The third kappa shape index (κ3) is 11.8. The summed E-state index contributed by atoms with van der Waals surface area (Å²) in [7, 11) is 0. The minimum absolute atomic E-state index is 0.125. The van der Waals surface area contributed by atoms with Crippen LogP contribution in [-0.2, 0) is 4.74 Å². The summed E-state index contributed by atoms with van der Waals surface area (Å²) in [6.45, 7) is 11.7. The van der Waals surface area contributed by atoms with Crippen molar-refractivity contribution in [3.63, 3.8) is 0 Å². The largest absolute Gasteiger partial charge is 0.394 e. The van der Waals surface area contributed by atoms with Gasteiger partial charge in [0.1, 0.15) is 0 Å². The Bertz CT molecular complexity index is 113. The van der Waals surface area contributed by atoms with Gasteiger partial charge in [0, 0.05) is 6.61 Å². The molecule has 0 aromatic heterocycles. The standard InChI is InChI=1S/C10H22O.C2H6O2/c1-6-7-11-10(5)9(4)8(2)3;3-1-2-4/h8-10H,6-7H2,1-5H3;3-4H,1-2H2. The molecular formula is C12H28O3. The Kier molecular flexibility index (Phi) is 13.8. The van der Waals surface area contributed by atoms with Crippen LogP contribution in [0.4, 0.5) is 0 Å². The number of ether oxygens (including phenoxy) is 1. The molecule has 94 valence electrons. The Morgan fingerprint density at radius 3 is 1.73 bits per heavy atom. The first kappa shape index (κ1) is 17.3. The lowest BCUT2D eigenvalue weighted by Crippen LogP contribution is -2.22. The van der Waals surface area contributed by atoms with E-state index in [-0.39, 0.29) is 13.2 Å². The summed E-state index contributed by atoms with van der Waals surface area (Å²) in [5.41, 5.74) is 0. The van der Waals surface area contributed by atoms with E-state index < -0.39 is 0 Å².